The van der Waals surface area contributed by atoms with Crippen LogP contribution in [0.1, 0.15) is 45.6 Å². The maximum atomic E-state index is 15.3. The van der Waals surface area contributed by atoms with Crippen LogP contribution in [-0.2, 0) is 11.2 Å². The number of halogens is 2. The molecule has 7 nitrogen and oxygen atoms in total. The van der Waals surface area contributed by atoms with Gasteiger partial charge in [-0.3, -0.25) is 9.80 Å². The van der Waals surface area contributed by atoms with Crippen molar-refractivity contribution in [1.82, 2.24) is 14.7 Å². The standard InChI is InChI=1S/C28H43F2N5O2/c1-27(2,3)37-26(36)34-13-9-22(10-14-34)35-12-8-21(28(29,30)20-35)19-32-15-17-33(18-16-32)25-6-4-5-24-23(25)7-11-31-24/h4-6,21-22,31H,7-20H2,1-3H3/t21-/m0/s1. The molecule has 3 saturated heterocycles. The molecule has 9 heteroatoms. The maximum absolute atomic E-state index is 15.3. The summed E-state index contributed by atoms with van der Waals surface area (Å²) in [5.74, 6) is -3.29. The molecule has 4 aliphatic heterocycles. The van der Waals surface area contributed by atoms with Crippen LogP contribution >= 0.6 is 0 Å². The number of amides is 1. The van der Waals surface area contributed by atoms with Crippen LogP contribution in [-0.4, -0.2) is 104 Å². The van der Waals surface area contributed by atoms with Gasteiger partial charge < -0.3 is 19.9 Å². The fourth-order valence-electron chi connectivity index (χ4n) is 6.39. The molecular formula is C28H43F2N5O2. The van der Waals surface area contributed by atoms with Crippen molar-refractivity contribution in [3.63, 3.8) is 0 Å². The molecule has 1 atom stereocenters. The molecule has 4 aliphatic rings. The second-order valence-corrected chi connectivity index (χ2v) is 12.2. The quantitative estimate of drug-likeness (QED) is 0.646. The minimum Gasteiger partial charge on any atom is -0.444 e. The predicted molar refractivity (Wildman–Crippen MR) is 143 cm³/mol. The average molecular weight is 520 g/mol. The smallest absolute Gasteiger partial charge is 0.410 e. The molecule has 0 aliphatic carbocycles. The molecule has 1 amide bonds. The number of nitrogens with zero attached hydrogens (tertiary/aromatic N) is 4. The van der Waals surface area contributed by atoms with Gasteiger partial charge in [-0.2, -0.15) is 0 Å². The second-order valence-electron chi connectivity index (χ2n) is 12.2. The van der Waals surface area contributed by atoms with Crippen molar-refractivity contribution in [2.24, 2.45) is 5.92 Å². The number of carbonyl (C=O) groups excluding carboxylic acids is 1. The van der Waals surface area contributed by atoms with Gasteiger partial charge >= 0.3 is 6.09 Å². The van der Waals surface area contributed by atoms with Crippen LogP contribution in [0.2, 0.25) is 0 Å². The Morgan fingerprint density at radius 2 is 1.78 bits per heavy atom. The molecule has 0 saturated carbocycles. The number of benzene rings is 1. The van der Waals surface area contributed by atoms with E-state index >= 15 is 8.78 Å². The number of likely N-dealkylation sites (tertiary alicyclic amines) is 2. The first-order chi connectivity index (χ1) is 17.6. The van der Waals surface area contributed by atoms with Gasteiger partial charge in [-0.05, 0) is 65.1 Å². The van der Waals surface area contributed by atoms with E-state index in [2.05, 4.69) is 33.3 Å². The summed E-state index contributed by atoms with van der Waals surface area (Å²) in [5.41, 5.74) is 3.41. The molecule has 0 unspecified atom stereocenters. The lowest BCUT2D eigenvalue weighted by atomic mass is 9.89. The van der Waals surface area contributed by atoms with Crippen LogP contribution in [0.15, 0.2) is 18.2 Å². The number of carbonyl (C=O) groups is 1. The Hall–Kier alpha value is -2.13. The molecule has 1 N–H and O–H groups in total. The third-order valence-electron chi connectivity index (χ3n) is 8.44. The van der Waals surface area contributed by atoms with Gasteiger partial charge in [0, 0.05) is 81.3 Å². The molecule has 5 rings (SSSR count). The monoisotopic (exact) mass is 519 g/mol. The van der Waals surface area contributed by atoms with Gasteiger partial charge in [-0.15, -0.1) is 0 Å². The van der Waals surface area contributed by atoms with E-state index in [0.717, 1.165) is 52.0 Å². The van der Waals surface area contributed by atoms with Crippen molar-refractivity contribution in [1.29, 1.82) is 0 Å². The van der Waals surface area contributed by atoms with Crippen LogP contribution in [0.3, 0.4) is 0 Å². The van der Waals surface area contributed by atoms with E-state index < -0.39 is 17.4 Å². The van der Waals surface area contributed by atoms with E-state index in [1.54, 1.807) is 4.90 Å². The molecule has 1 aromatic carbocycles. The van der Waals surface area contributed by atoms with Crippen molar-refractivity contribution in [2.45, 2.75) is 64.0 Å². The first-order valence-electron chi connectivity index (χ1n) is 14.0. The van der Waals surface area contributed by atoms with Gasteiger partial charge in [0.1, 0.15) is 5.60 Å². The normalized spacial score (nSPS) is 25.6. The minimum absolute atomic E-state index is 0.108. The van der Waals surface area contributed by atoms with E-state index in [1.165, 1.54) is 16.9 Å². The Morgan fingerprint density at radius 3 is 2.46 bits per heavy atom. The number of fused-ring (bicyclic) bond motifs is 1. The highest BCUT2D eigenvalue weighted by Gasteiger charge is 2.47. The van der Waals surface area contributed by atoms with Crippen molar-refractivity contribution in [3.05, 3.63) is 23.8 Å². The second kappa shape index (κ2) is 10.6. The minimum atomic E-state index is -2.69. The summed E-state index contributed by atoms with van der Waals surface area (Å²) in [7, 11) is 0. The predicted octanol–water partition coefficient (Wildman–Crippen LogP) is 4.13. The van der Waals surface area contributed by atoms with Crippen molar-refractivity contribution >= 4 is 17.5 Å². The van der Waals surface area contributed by atoms with Gasteiger partial charge in [0.15, 0.2) is 0 Å². The number of hydrogen-bond acceptors (Lipinski definition) is 6. The number of piperazine rings is 1. The number of hydrogen-bond donors (Lipinski definition) is 1. The summed E-state index contributed by atoms with van der Waals surface area (Å²) in [4.78, 5) is 20.7. The van der Waals surface area contributed by atoms with Crippen molar-refractivity contribution < 1.29 is 18.3 Å². The van der Waals surface area contributed by atoms with Gasteiger partial charge in [-0.1, -0.05) is 6.07 Å². The fourth-order valence-corrected chi connectivity index (χ4v) is 6.39. The third kappa shape index (κ3) is 6.14. The van der Waals surface area contributed by atoms with Gasteiger partial charge in [-0.25, -0.2) is 13.6 Å². The lowest BCUT2D eigenvalue weighted by Gasteiger charge is -2.46. The molecule has 4 heterocycles. The largest absolute Gasteiger partial charge is 0.444 e. The molecule has 0 spiro atoms. The highest BCUT2D eigenvalue weighted by Crippen LogP contribution is 2.37. The summed E-state index contributed by atoms with van der Waals surface area (Å²) in [6.45, 7) is 12.1. The number of anilines is 2. The zero-order chi connectivity index (χ0) is 26.2. The van der Waals surface area contributed by atoms with Gasteiger partial charge in [0.25, 0.3) is 5.92 Å². The SMILES string of the molecule is CC(C)(C)OC(=O)N1CCC(N2CC[C@@H](CN3CCN(c4cccc5c4CCN5)CC3)C(F)(F)C2)CC1. The van der Waals surface area contributed by atoms with Crippen LogP contribution in [0, 0.1) is 5.92 Å². The summed E-state index contributed by atoms with van der Waals surface area (Å²) >= 11 is 0. The first-order valence-corrected chi connectivity index (χ1v) is 14.0. The van der Waals surface area contributed by atoms with Crippen LogP contribution in [0.5, 0.6) is 0 Å². The Bertz CT molecular complexity index is 952. The van der Waals surface area contributed by atoms with Crippen LogP contribution in [0.4, 0.5) is 25.0 Å². The number of nitrogens with one attached hydrogen (secondary N) is 1. The molecule has 0 aromatic heterocycles. The lowest BCUT2D eigenvalue weighted by Crippen LogP contribution is -2.58. The fraction of sp³-hybridized carbons (Fsp3) is 0.750. The Kier molecular flexibility index (Phi) is 7.56. The number of alkyl halides is 2. The van der Waals surface area contributed by atoms with E-state index in [9.17, 15) is 4.79 Å². The zero-order valence-electron chi connectivity index (χ0n) is 22.6. The van der Waals surface area contributed by atoms with Crippen LogP contribution < -0.4 is 10.2 Å². The number of piperidine rings is 2. The van der Waals surface area contributed by atoms with Crippen molar-refractivity contribution in [3.8, 4) is 0 Å². The topological polar surface area (TPSA) is 51.3 Å². The Labute approximate surface area is 220 Å². The van der Waals surface area contributed by atoms with Crippen LogP contribution in [0.25, 0.3) is 0 Å². The van der Waals surface area contributed by atoms with E-state index in [4.69, 9.17) is 4.74 Å². The summed E-state index contributed by atoms with van der Waals surface area (Å²) in [6, 6.07) is 6.55. The molecule has 1 aromatic rings. The van der Waals surface area contributed by atoms with E-state index in [-0.39, 0.29) is 18.7 Å². The Morgan fingerprint density at radius 1 is 1.05 bits per heavy atom. The third-order valence-corrected chi connectivity index (χ3v) is 8.44. The van der Waals surface area contributed by atoms with E-state index in [0.29, 0.717) is 32.6 Å². The zero-order valence-corrected chi connectivity index (χ0v) is 22.6. The number of ether oxygens (including phenoxy) is 1. The molecule has 0 radical (unpaired) electrons. The summed E-state index contributed by atoms with van der Waals surface area (Å²) in [5, 5.41) is 3.45. The van der Waals surface area contributed by atoms with Gasteiger partial charge in [0.05, 0.1) is 6.54 Å². The number of rotatable bonds is 4. The lowest BCUT2D eigenvalue weighted by molar-refractivity contribution is -0.129. The molecule has 37 heavy (non-hydrogen) atoms. The highest BCUT2D eigenvalue weighted by atomic mass is 19.3. The van der Waals surface area contributed by atoms with Gasteiger partial charge in [0.2, 0.25) is 0 Å². The van der Waals surface area contributed by atoms with Crippen molar-refractivity contribution in [2.75, 3.05) is 75.7 Å². The molecular weight excluding hydrogens is 476 g/mol. The first kappa shape index (κ1) is 26.5. The van der Waals surface area contributed by atoms with E-state index in [1.807, 2.05) is 25.7 Å². The molecule has 3 fully saturated rings. The molecule has 0 bridgehead atoms. The highest BCUT2D eigenvalue weighted by molar-refractivity contribution is 5.69. The summed E-state index contributed by atoms with van der Waals surface area (Å²) < 4.78 is 36.2. The Balaban J connectivity index is 1.08. The maximum Gasteiger partial charge on any atom is 0.410 e. The molecule has 206 valence electrons. The summed E-state index contributed by atoms with van der Waals surface area (Å²) in [6.07, 6.45) is 2.72. The average Bonchev–Trinajstić information content (AvgIpc) is 3.34.